The van der Waals surface area contributed by atoms with Gasteiger partial charge in [0.15, 0.2) is 5.96 Å². The molecule has 0 aromatic carbocycles. The second-order valence-electron chi connectivity index (χ2n) is 7.37. The van der Waals surface area contributed by atoms with Crippen LogP contribution in [0.25, 0.3) is 0 Å². The first-order valence-corrected chi connectivity index (χ1v) is 9.65. The Balaban J connectivity index is 2.56. The average Bonchev–Trinajstić information content (AvgIpc) is 2.63. The number of rotatable bonds is 11. The van der Waals surface area contributed by atoms with E-state index in [9.17, 15) is 14.4 Å². The summed E-state index contributed by atoms with van der Waals surface area (Å²) in [6, 6.07) is -0.845. The molecular formula is C18H34N6O3. The quantitative estimate of drug-likeness (QED) is 0.162. The van der Waals surface area contributed by atoms with Crippen molar-refractivity contribution in [1.29, 1.82) is 0 Å². The van der Waals surface area contributed by atoms with Crippen molar-refractivity contribution in [3.63, 3.8) is 0 Å². The largest absolute Gasteiger partial charge is 0.370 e. The van der Waals surface area contributed by atoms with Crippen LogP contribution in [0.3, 0.4) is 0 Å². The Labute approximate surface area is 161 Å². The van der Waals surface area contributed by atoms with Crippen molar-refractivity contribution in [3.8, 4) is 0 Å². The van der Waals surface area contributed by atoms with Gasteiger partial charge in [0.25, 0.3) is 0 Å². The van der Waals surface area contributed by atoms with Gasteiger partial charge in [0.05, 0.1) is 18.6 Å². The normalized spacial score (nSPS) is 17.8. The summed E-state index contributed by atoms with van der Waals surface area (Å²) in [5, 5.41) is 5.91. The number of piperidine rings is 1. The molecule has 0 aromatic rings. The van der Waals surface area contributed by atoms with Gasteiger partial charge in [-0.2, -0.15) is 0 Å². The number of aldehydes is 1. The van der Waals surface area contributed by atoms with E-state index in [0.717, 1.165) is 25.8 Å². The zero-order chi connectivity index (χ0) is 20.2. The third-order valence-electron chi connectivity index (χ3n) is 4.32. The van der Waals surface area contributed by atoms with Gasteiger partial charge >= 0.3 is 0 Å². The van der Waals surface area contributed by atoms with E-state index in [4.69, 9.17) is 11.5 Å². The van der Waals surface area contributed by atoms with Gasteiger partial charge in [0.2, 0.25) is 11.8 Å². The maximum Gasteiger partial charge on any atom is 0.240 e. The number of hydrogen-bond donors (Lipinski definition) is 4. The maximum atomic E-state index is 12.8. The first kappa shape index (κ1) is 22.9. The molecule has 1 rings (SSSR count). The molecule has 2 atom stereocenters. The molecule has 9 nitrogen and oxygen atoms in total. The topological polar surface area (TPSA) is 143 Å². The van der Waals surface area contributed by atoms with Crippen LogP contribution in [-0.4, -0.2) is 67.2 Å². The summed E-state index contributed by atoms with van der Waals surface area (Å²) >= 11 is 0. The molecule has 9 heteroatoms. The standard InChI is InChI=1S/C18H34N6O3/c1-13(2)10-24(17(27)15-7-3-4-8-21-15)11-16(26)23-14(12-25)6-5-9-22-18(19)20/h12-15,21H,3-11H2,1-2H3,(H,23,26)(H4,19,20,22)/t14-,15+/m0/s1. The highest BCUT2D eigenvalue weighted by Crippen LogP contribution is 2.11. The molecule has 0 aliphatic carbocycles. The Morgan fingerprint density at radius 1 is 1.33 bits per heavy atom. The summed E-state index contributed by atoms with van der Waals surface area (Å²) in [7, 11) is 0. The second kappa shape index (κ2) is 12.3. The Hall–Kier alpha value is -2.16. The van der Waals surface area contributed by atoms with Gasteiger partial charge in [0, 0.05) is 13.1 Å². The molecule has 0 aromatic heterocycles. The number of nitrogens with one attached hydrogen (secondary N) is 2. The summed E-state index contributed by atoms with van der Waals surface area (Å²) in [5.74, 6) is -0.139. The van der Waals surface area contributed by atoms with Crippen LogP contribution in [0.15, 0.2) is 4.99 Å². The van der Waals surface area contributed by atoms with Crippen LogP contribution in [0.2, 0.25) is 0 Å². The first-order chi connectivity index (χ1) is 12.8. The highest BCUT2D eigenvalue weighted by molar-refractivity contribution is 5.88. The summed E-state index contributed by atoms with van der Waals surface area (Å²) in [6.45, 7) is 5.68. The van der Waals surface area contributed by atoms with E-state index in [1.165, 1.54) is 0 Å². The minimum Gasteiger partial charge on any atom is -0.370 e. The van der Waals surface area contributed by atoms with Crippen LogP contribution in [0.5, 0.6) is 0 Å². The predicted octanol–water partition coefficient (Wildman–Crippen LogP) is -0.650. The fourth-order valence-corrected chi connectivity index (χ4v) is 3.08. The summed E-state index contributed by atoms with van der Waals surface area (Å²) in [4.78, 5) is 41.8. The lowest BCUT2D eigenvalue weighted by Crippen LogP contribution is -2.52. The molecule has 0 saturated carbocycles. The van der Waals surface area contributed by atoms with Gasteiger partial charge < -0.3 is 31.8 Å². The molecule has 2 amide bonds. The third kappa shape index (κ3) is 9.37. The van der Waals surface area contributed by atoms with Crippen molar-refractivity contribution in [1.82, 2.24) is 15.5 Å². The molecule has 0 radical (unpaired) electrons. The summed E-state index contributed by atoms with van der Waals surface area (Å²) in [6.07, 6.45) is 4.57. The lowest BCUT2D eigenvalue weighted by molar-refractivity contribution is -0.139. The minimum atomic E-state index is -0.615. The number of carbonyl (C=O) groups is 3. The van der Waals surface area contributed by atoms with Gasteiger partial charge in [-0.3, -0.25) is 14.6 Å². The van der Waals surface area contributed by atoms with Gasteiger partial charge in [0.1, 0.15) is 6.29 Å². The Bertz CT molecular complexity index is 513. The van der Waals surface area contributed by atoms with Gasteiger partial charge in [-0.1, -0.05) is 20.3 Å². The molecule has 1 heterocycles. The van der Waals surface area contributed by atoms with E-state index in [1.54, 1.807) is 4.90 Å². The van der Waals surface area contributed by atoms with Crippen LogP contribution >= 0.6 is 0 Å². The molecular weight excluding hydrogens is 348 g/mol. The SMILES string of the molecule is CC(C)CN(CC(=O)N[C@H](C=O)CCCN=C(N)N)C(=O)[C@H]1CCCCN1. The number of nitrogens with zero attached hydrogens (tertiary/aromatic N) is 2. The number of carbonyl (C=O) groups excluding carboxylic acids is 3. The number of guanidine groups is 1. The zero-order valence-corrected chi connectivity index (χ0v) is 16.4. The van der Waals surface area contributed by atoms with Crippen molar-refractivity contribution in [2.75, 3.05) is 26.2 Å². The molecule has 0 unspecified atom stereocenters. The lowest BCUT2D eigenvalue weighted by atomic mass is 10.0. The molecule has 6 N–H and O–H groups in total. The Kier molecular flexibility index (Phi) is 10.4. The van der Waals surface area contributed by atoms with E-state index in [2.05, 4.69) is 15.6 Å². The molecule has 1 aliphatic heterocycles. The number of amides is 2. The number of aliphatic imine (C=N–C) groups is 1. The molecule has 1 saturated heterocycles. The van der Waals surface area contributed by atoms with Gasteiger partial charge in [-0.05, 0) is 38.1 Å². The first-order valence-electron chi connectivity index (χ1n) is 9.65. The monoisotopic (exact) mass is 382 g/mol. The molecule has 154 valence electrons. The van der Waals surface area contributed by atoms with E-state index in [0.29, 0.717) is 32.2 Å². The Morgan fingerprint density at radius 3 is 2.63 bits per heavy atom. The van der Waals surface area contributed by atoms with E-state index in [-0.39, 0.29) is 36.3 Å². The van der Waals surface area contributed by atoms with Crippen molar-refractivity contribution in [3.05, 3.63) is 0 Å². The highest BCUT2D eigenvalue weighted by atomic mass is 16.2. The molecule has 1 fully saturated rings. The smallest absolute Gasteiger partial charge is 0.240 e. The highest BCUT2D eigenvalue weighted by Gasteiger charge is 2.27. The Morgan fingerprint density at radius 2 is 2.07 bits per heavy atom. The van der Waals surface area contributed by atoms with E-state index < -0.39 is 6.04 Å². The van der Waals surface area contributed by atoms with Crippen LogP contribution in [-0.2, 0) is 14.4 Å². The average molecular weight is 383 g/mol. The van der Waals surface area contributed by atoms with Crippen LogP contribution in [0.4, 0.5) is 0 Å². The van der Waals surface area contributed by atoms with Crippen LogP contribution in [0, 0.1) is 5.92 Å². The zero-order valence-electron chi connectivity index (χ0n) is 16.4. The van der Waals surface area contributed by atoms with E-state index in [1.807, 2.05) is 13.8 Å². The van der Waals surface area contributed by atoms with E-state index >= 15 is 0 Å². The molecule has 1 aliphatic rings. The van der Waals surface area contributed by atoms with Crippen molar-refractivity contribution in [2.24, 2.45) is 22.4 Å². The van der Waals surface area contributed by atoms with Crippen LogP contribution < -0.4 is 22.1 Å². The molecule has 0 bridgehead atoms. The minimum absolute atomic E-state index is 0.000787. The predicted molar refractivity (Wildman–Crippen MR) is 105 cm³/mol. The maximum absolute atomic E-state index is 12.8. The summed E-state index contributed by atoms with van der Waals surface area (Å²) < 4.78 is 0. The van der Waals surface area contributed by atoms with Crippen molar-refractivity contribution in [2.45, 2.75) is 58.0 Å². The number of hydrogen-bond acceptors (Lipinski definition) is 5. The molecule has 27 heavy (non-hydrogen) atoms. The number of nitrogens with two attached hydrogens (primary N) is 2. The van der Waals surface area contributed by atoms with Crippen molar-refractivity contribution >= 4 is 24.1 Å². The van der Waals surface area contributed by atoms with Gasteiger partial charge in [-0.15, -0.1) is 0 Å². The lowest BCUT2D eigenvalue weighted by Gasteiger charge is -2.31. The second-order valence-corrected chi connectivity index (χ2v) is 7.37. The third-order valence-corrected chi connectivity index (χ3v) is 4.32. The van der Waals surface area contributed by atoms with Gasteiger partial charge in [-0.25, -0.2) is 0 Å². The fraction of sp³-hybridized carbons (Fsp3) is 0.778. The van der Waals surface area contributed by atoms with Crippen LogP contribution in [0.1, 0.15) is 46.0 Å². The van der Waals surface area contributed by atoms with Crippen molar-refractivity contribution < 1.29 is 14.4 Å². The summed E-state index contributed by atoms with van der Waals surface area (Å²) in [5.41, 5.74) is 10.5. The molecule has 0 spiro atoms. The fourth-order valence-electron chi connectivity index (χ4n) is 3.08.